The van der Waals surface area contributed by atoms with Gasteiger partial charge in [-0.15, -0.1) is 10.2 Å². The highest BCUT2D eigenvalue weighted by Gasteiger charge is 2.19. The van der Waals surface area contributed by atoms with Crippen LogP contribution >= 0.6 is 69.5 Å². The Morgan fingerprint density at radius 2 is 1.80 bits per heavy atom. The molecule has 1 aliphatic rings. The van der Waals surface area contributed by atoms with Gasteiger partial charge in [-0.2, -0.15) is 0 Å². The topological polar surface area (TPSA) is 58.1 Å². The van der Waals surface area contributed by atoms with Crippen LogP contribution in [0.4, 0.5) is 10.8 Å². The van der Waals surface area contributed by atoms with Gasteiger partial charge in [-0.25, -0.2) is 0 Å². The molecule has 134 valence electrons. The lowest BCUT2D eigenvalue weighted by molar-refractivity contribution is -0.113. The first-order chi connectivity index (χ1) is 12.0. The summed E-state index contributed by atoms with van der Waals surface area (Å²) in [4.78, 5) is 14.4. The summed E-state index contributed by atoms with van der Waals surface area (Å²) in [5.74, 6) is -0.143. The molecule has 2 aromatic rings. The van der Waals surface area contributed by atoms with E-state index in [-0.39, 0.29) is 37.4 Å². The Hall–Kier alpha value is -0.440. The molecule has 1 aromatic heterocycles. The summed E-state index contributed by atoms with van der Waals surface area (Å²) in [5, 5.41) is 12.6. The molecule has 1 amide bonds. The monoisotopic (exact) mass is 456 g/mol. The molecular formula is C14H12Cl4N4OS2. The molecule has 0 aliphatic carbocycles. The molecule has 3 rings (SSSR count). The highest BCUT2D eigenvalue weighted by Crippen LogP contribution is 2.41. The van der Waals surface area contributed by atoms with Crippen LogP contribution in [0.5, 0.6) is 0 Å². The highest BCUT2D eigenvalue weighted by molar-refractivity contribution is 8.01. The molecule has 0 saturated carbocycles. The maximum Gasteiger partial charge on any atom is 0.234 e. The third kappa shape index (κ3) is 4.64. The third-order valence-corrected chi connectivity index (χ3v) is 7.17. The first-order valence-electron chi connectivity index (χ1n) is 7.30. The number of anilines is 2. The van der Waals surface area contributed by atoms with Crippen molar-refractivity contribution in [2.24, 2.45) is 0 Å². The number of thioether (sulfide) groups is 1. The van der Waals surface area contributed by atoms with Gasteiger partial charge in [0.1, 0.15) is 0 Å². The van der Waals surface area contributed by atoms with E-state index in [1.165, 1.54) is 42.0 Å². The SMILES string of the molecule is O=C(CSc1nnc(N2CCCC2)s1)Nc1c(Cl)c(Cl)cc(Cl)c1Cl. The Kier molecular flexibility index (Phi) is 6.57. The van der Waals surface area contributed by atoms with Gasteiger partial charge in [0, 0.05) is 13.1 Å². The Morgan fingerprint density at radius 3 is 2.44 bits per heavy atom. The first-order valence-corrected chi connectivity index (χ1v) is 10.6. The summed E-state index contributed by atoms with van der Waals surface area (Å²) >= 11 is 26.9. The van der Waals surface area contributed by atoms with Crippen molar-refractivity contribution in [3.63, 3.8) is 0 Å². The molecule has 2 heterocycles. The van der Waals surface area contributed by atoms with Gasteiger partial charge in [-0.3, -0.25) is 4.79 Å². The minimum atomic E-state index is -0.287. The van der Waals surface area contributed by atoms with Crippen molar-refractivity contribution in [1.29, 1.82) is 0 Å². The molecule has 0 unspecified atom stereocenters. The summed E-state index contributed by atoms with van der Waals surface area (Å²) in [6, 6.07) is 1.43. The number of rotatable bonds is 5. The van der Waals surface area contributed by atoms with E-state index in [1.807, 2.05) is 0 Å². The zero-order valence-corrected chi connectivity index (χ0v) is 17.3. The number of hydrogen-bond donors (Lipinski definition) is 1. The average molecular weight is 458 g/mol. The van der Waals surface area contributed by atoms with Gasteiger partial charge in [0.05, 0.1) is 31.5 Å². The van der Waals surface area contributed by atoms with Crippen LogP contribution in [-0.2, 0) is 4.79 Å². The summed E-state index contributed by atoms with van der Waals surface area (Å²) in [6.07, 6.45) is 2.35. The van der Waals surface area contributed by atoms with Crippen LogP contribution in [0.1, 0.15) is 12.8 Å². The summed E-state index contributed by atoms with van der Waals surface area (Å²) < 4.78 is 0.735. The lowest BCUT2D eigenvalue weighted by Crippen LogP contribution is -2.17. The highest BCUT2D eigenvalue weighted by atomic mass is 35.5. The zero-order valence-electron chi connectivity index (χ0n) is 12.7. The van der Waals surface area contributed by atoms with E-state index in [9.17, 15) is 4.79 Å². The van der Waals surface area contributed by atoms with Crippen molar-refractivity contribution < 1.29 is 4.79 Å². The number of nitrogens with one attached hydrogen (secondary N) is 1. The van der Waals surface area contributed by atoms with E-state index in [4.69, 9.17) is 46.4 Å². The van der Waals surface area contributed by atoms with Crippen LogP contribution in [0, 0.1) is 0 Å². The van der Waals surface area contributed by atoms with Crippen molar-refractivity contribution in [2.45, 2.75) is 17.2 Å². The molecule has 0 spiro atoms. The van der Waals surface area contributed by atoms with Crippen molar-refractivity contribution in [3.05, 3.63) is 26.2 Å². The van der Waals surface area contributed by atoms with Gasteiger partial charge < -0.3 is 10.2 Å². The Balaban J connectivity index is 1.60. The maximum absolute atomic E-state index is 12.2. The number of hydrogen-bond acceptors (Lipinski definition) is 6. The predicted octanol–water partition coefficient (Wildman–Crippen LogP) is 5.48. The van der Waals surface area contributed by atoms with E-state index in [0.29, 0.717) is 0 Å². The largest absolute Gasteiger partial charge is 0.347 e. The van der Waals surface area contributed by atoms with Gasteiger partial charge >= 0.3 is 0 Å². The summed E-state index contributed by atoms with van der Waals surface area (Å²) in [5.41, 5.74) is 0.210. The summed E-state index contributed by atoms with van der Waals surface area (Å²) in [6.45, 7) is 2.01. The van der Waals surface area contributed by atoms with Crippen LogP contribution in [0.25, 0.3) is 0 Å². The second-order valence-electron chi connectivity index (χ2n) is 5.22. The fourth-order valence-electron chi connectivity index (χ4n) is 2.28. The average Bonchev–Trinajstić information content (AvgIpc) is 3.26. The Labute approximate surface area is 173 Å². The number of carbonyl (C=O) groups excluding carboxylic acids is 1. The van der Waals surface area contributed by atoms with Crippen LogP contribution in [0.3, 0.4) is 0 Å². The van der Waals surface area contributed by atoms with E-state index < -0.39 is 0 Å². The molecule has 11 heteroatoms. The second-order valence-corrected chi connectivity index (χ2v) is 8.97. The van der Waals surface area contributed by atoms with Gasteiger partial charge in [0.2, 0.25) is 11.0 Å². The van der Waals surface area contributed by atoms with Crippen LogP contribution in [0.15, 0.2) is 10.4 Å². The number of halogens is 4. The number of benzene rings is 1. The lowest BCUT2D eigenvalue weighted by atomic mass is 10.3. The Bertz CT molecular complexity index is 769. The predicted molar refractivity (Wildman–Crippen MR) is 107 cm³/mol. The van der Waals surface area contributed by atoms with Crippen LogP contribution in [0.2, 0.25) is 20.1 Å². The van der Waals surface area contributed by atoms with Crippen molar-refractivity contribution >= 4 is 86.2 Å². The molecule has 1 aromatic carbocycles. The quantitative estimate of drug-likeness (QED) is 0.475. The van der Waals surface area contributed by atoms with E-state index >= 15 is 0 Å². The van der Waals surface area contributed by atoms with Crippen molar-refractivity contribution in [3.8, 4) is 0 Å². The zero-order chi connectivity index (χ0) is 18.0. The molecule has 1 aliphatic heterocycles. The number of amides is 1. The second kappa shape index (κ2) is 8.50. The van der Waals surface area contributed by atoms with E-state index in [0.717, 1.165) is 22.6 Å². The van der Waals surface area contributed by atoms with Gasteiger partial charge in [-0.1, -0.05) is 69.5 Å². The standard InChI is InChI=1S/C14H12Cl4N4OS2/c15-7-5-8(16)11(18)12(10(7)17)19-9(23)6-24-14-21-20-13(25-14)22-3-1-2-4-22/h5H,1-4,6H2,(H,19,23). The fourth-order valence-corrected chi connectivity index (χ4v) is 4.88. The van der Waals surface area contributed by atoms with Gasteiger partial charge in [0.25, 0.3) is 0 Å². The number of aromatic nitrogens is 2. The molecule has 1 saturated heterocycles. The molecule has 1 N–H and O–H groups in total. The number of nitrogens with zero attached hydrogens (tertiary/aromatic N) is 3. The molecule has 0 atom stereocenters. The molecular weight excluding hydrogens is 446 g/mol. The Morgan fingerprint density at radius 1 is 1.16 bits per heavy atom. The maximum atomic E-state index is 12.2. The van der Waals surface area contributed by atoms with Crippen molar-refractivity contribution in [1.82, 2.24) is 10.2 Å². The van der Waals surface area contributed by atoms with E-state index in [1.54, 1.807) is 0 Å². The summed E-state index contributed by atoms with van der Waals surface area (Å²) in [7, 11) is 0. The van der Waals surface area contributed by atoms with Crippen molar-refractivity contribution in [2.75, 3.05) is 29.1 Å². The third-order valence-electron chi connectivity index (χ3n) is 3.48. The molecule has 25 heavy (non-hydrogen) atoms. The lowest BCUT2D eigenvalue weighted by Gasteiger charge is -2.11. The minimum Gasteiger partial charge on any atom is -0.347 e. The molecule has 0 bridgehead atoms. The molecule has 0 radical (unpaired) electrons. The van der Waals surface area contributed by atoms with Crippen LogP contribution in [-0.4, -0.2) is 34.9 Å². The number of carbonyl (C=O) groups is 1. The van der Waals surface area contributed by atoms with Gasteiger partial charge in [0.15, 0.2) is 4.34 Å². The fraction of sp³-hybridized carbons (Fsp3) is 0.357. The molecule has 5 nitrogen and oxygen atoms in total. The van der Waals surface area contributed by atoms with Gasteiger partial charge in [-0.05, 0) is 18.9 Å². The first kappa shape index (κ1) is 19.3. The minimum absolute atomic E-state index is 0.144. The molecule has 1 fully saturated rings. The van der Waals surface area contributed by atoms with E-state index in [2.05, 4.69) is 20.4 Å². The van der Waals surface area contributed by atoms with Crippen LogP contribution < -0.4 is 10.2 Å². The normalized spacial score (nSPS) is 14.2. The smallest absolute Gasteiger partial charge is 0.234 e.